The molecule has 0 aliphatic carbocycles. The molecule has 0 spiro atoms. The zero-order valence-corrected chi connectivity index (χ0v) is 9.01. The monoisotopic (exact) mass is 218 g/mol. The van der Waals surface area contributed by atoms with Crippen molar-refractivity contribution < 1.29 is 24.9 Å². The van der Waals surface area contributed by atoms with Crippen LogP contribution in [-0.2, 0) is 9.59 Å². The van der Waals surface area contributed by atoms with E-state index in [-0.39, 0.29) is 18.9 Å². The van der Waals surface area contributed by atoms with E-state index in [0.717, 1.165) is 0 Å². The van der Waals surface area contributed by atoms with Gasteiger partial charge in [0.15, 0.2) is 0 Å². The second-order valence-corrected chi connectivity index (χ2v) is 4.03. The van der Waals surface area contributed by atoms with Crippen molar-refractivity contribution in [2.75, 3.05) is 6.61 Å². The highest BCUT2D eigenvalue weighted by atomic mass is 16.4. The molecule has 5 heteroatoms. The van der Waals surface area contributed by atoms with Crippen molar-refractivity contribution in [1.29, 1.82) is 0 Å². The Labute approximate surface area is 88.7 Å². The van der Waals surface area contributed by atoms with Crippen LogP contribution in [0, 0.1) is 17.8 Å². The fourth-order valence-corrected chi connectivity index (χ4v) is 1.58. The van der Waals surface area contributed by atoms with Gasteiger partial charge in [0.25, 0.3) is 0 Å². The van der Waals surface area contributed by atoms with Gasteiger partial charge < -0.3 is 15.3 Å². The summed E-state index contributed by atoms with van der Waals surface area (Å²) in [6.45, 7) is 3.38. The van der Waals surface area contributed by atoms with E-state index in [1.807, 2.05) is 13.8 Å². The van der Waals surface area contributed by atoms with Crippen LogP contribution in [0.1, 0.15) is 26.7 Å². The molecular formula is C10H18O5. The van der Waals surface area contributed by atoms with Crippen molar-refractivity contribution in [3.63, 3.8) is 0 Å². The first kappa shape index (κ1) is 13.9. The van der Waals surface area contributed by atoms with Crippen LogP contribution in [0.3, 0.4) is 0 Å². The maximum absolute atomic E-state index is 10.9. The summed E-state index contributed by atoms with van der Waals surface area (Å²) >= 11 is 0. The molecule has 0 heterocycles. The van der Waals surface area contributed by atoms with Gasteiger partial charge in [-0.05, 0) is 18.8 Å². The predicted octanol–water partition coefficient (Wildman–Crippen LogP) is 0.817. The first-order valence-electron chi connectivity index (χ1n) is 4.96. The zero-order chi connectivity index (χ0) is 12.0. The van der Waals surface area contributed by atoms with E-state index in [1.165, 1.54) is 0 Å². The number of aliphatic hydroxyl groups excluding tert-OH is 1. The van der Waals surface area contributed by atoms with Crippen molar-refractivity contribution in [3.8, 4) is 0 Å². The fraction of sp³-hybridized carbons (Fsp3) is 0.800. The summed E-state index contributed by atoms with van der Waals surface area (Å²) in [7, 11) is 0. The van der Waals surface area contributed by atoms with E-state index >= 15 is 0 Å². The highest BCUT2D eigenvalue weighted by Crippen LogP contribution is 2.24. The smallest absolute Gasteiger partial charge is 0.307 e. The van der Waals surface area contributed by atoms with Gasteiger partial charge in [-0.15, -0.1) is 0 Å². The van der Waals surface area contributed by atoms with Crippen LogP contribution in [0.15, 0.2) is 0 Å². The van der Waals surface area contributed by atoms with Crippen LogP contribution in [0.5, 0.6) is 0 Å². The van der Waals surface area contributed by atoms with Gasteiger partial charge in [-0.1, -0.05) is 13.8 Å². The number of carbonyl (C=O) groups is 2. The van der Waals surface area contributed by atoms with E-state index < -0.39 is 23.8 Å². The summed E-state index contributed by atoms with van der Waals surface area (Å²) in [6, 6.07) is 0. The molecule has 0 aromatic carbocycles. The standard InChI is InChI=1S/C10H18O5/c1-6(2)5-8(10(14)15)7(3-4-11)9(12)13/h6-8,11H,3-5H2,1-2H3,(H,12,13)(H,14,15)/t7-,8+/m0/s1. The molecule has 0 radical (unpaired) electrons. The Kier molecular flexibility index (Phi) is 5.93. The minimum absolute atomic E-state index is 0.0149. The number of hydrogen-bond acceptors (Lipinski definition) is 3. The van der Waals surface area contributed by atoms with Crippen LogP contribution in [0.4, 0.5) is 0 Å². The number of aliphatic carboxylic acids is 2. The highest BCUT2D eigenvalue weighted by molar-refractivity contribution is 5.79. The predicted molar refractivity (Wildman–Crippen MR) is 53.4 cm³/mol. The van der Waals surface area contributed by atoms with Crippen molar-refractivity contribution in [2.45, 2.75) is 26.7 Å². The van der Waals surface area contributed by atoms with E-state index in [1.54, 1.807) is 0 Å². The zero-order valence-electron chi connectivity index (χ0n) is 9.01. The number of aliphatic hydroxyl groups is 1. The summed E-state index contributed by atoms with van der Waals surface area (Å²) in [6.07, 6.45) is 0.297. The molecule has 0 amide bonds. The maximum Gasteiger partial charge on any atom is 0.307 e. The topological polar surface area (TPSA) is 94.8 Å². The number of carboxylic acids is 2. The molecule has 0 aromatic rings. The SMILES string of the molecule is CC(C)C[C@@H](C(=O)O)[C@H](CCO)C(=O)O. The Balaban J connectivity index is 4.67. The molecule has 0 bridgehead atoms. The van der Waals surface area contributed by atoms with Gasteiger partial charge in [0.05, 0.1) is 11.8 Å². The molecule has 0 unspecified atom stereocenters. The average molecular weight is 218 g/mol. The van der Waals surface area contributed by atoms with Crippen molar-refractivity contribution in [2.24, 2.45) is 17.8 Å². The van der Waals surface area contributed by atoms with E-state index in [0.29, 0.717) is 6.42 Å². The van der Waals surface area contributed by atoms with Crippen LogP contribution in [0.2, 0.25) is 0 Å². The van der Waals surface area contributed by atoms with Crippen LogP contribution >= 0.6 is 0 Å². The Morgan fingerprint density at radius 2 is 1.53 bits per heavy atom. The summed E-state index contributed by atoms with van der Waals surface area (Å²) in [5, 5.41) is 26.5. The molecule has 0 rings (SSSR count). The molecule has 0 fully saturated rings. The lowest BCUT2D eigenvalue weighted by Crippen LogP contribution is -2.31. The molecule has 15 heavy (non-hydrogen) atoms. The first-order valence-corrected chi connectivity index (χ1v) is 4.96. The van der Waals surface area contributed by atoms with Gasteiger partial charge in [0, 0.05) is 6.61 Å². The van der Waals surface area contributed by atoms with Gasteiger partial charge in [0.2, 0.25) is 0 Å². The molecule has 0 aromatic heterocycles. The van der Waals surface area contributed by atoms with Crippen molar-refractivity contribution in [1.82, 2.24) is 0 Å². The summed E-state index contributed by atoms with van der Waals surface area (Å²) in [5.41, 5.74) is 0. The molecular weight excluding hydrogens is 200 g/mol. The van der Waals surface area contributed by atoms with Crippen LogP contribution in [0.25, 0.3) is 0 Å². The van der Waals surface area contributed by atoms with E-state index in [2.05, 4.69) is 0 Å². The van der Waals surface area contributed by atoms with Gasteiger partial charge in [0.1, 0.15) is 0 Å². The second kappa shape index (κ2) is 6.40. The molecule has 0 aliphatic heterocycles. The second-order valence-electron chi connectivity index (χ2n) is 4.03. The van der Waals surface area contributed by atoms with E-state index in [9.17, 15) is 9.59 Å². The largest absolute Gasteiger partial charge is 0.481 e. The molecule has 3 N–H and O–H groups in total. The third-order valence-corrected chi connectivity index (χ3v) is 2.29. The summed E-state index contributed by atoms with van der Waals surface area (Å²) in [5.74, 6) is -4.07. The maximum atomic E-state index is 10.9. The third-order valence-electron chi connectivity index (χ3n) is 2.29. The lowest BCUT2D eigenvalue weighted by atomic mass is 9.83. The molecule has 0 saturated heterocycles. The molecule has 88 valence electrons. The van der Waals surface area contributed by atoms with E-state index in [4.69, 9.17) is 15.3 Å². The minimum atomic E-state index is -1.16. The Bertz CT molecular complexity index is 224. The first-order chi connectivity index (χ1) is 6.90. The minimum Gasteiger partial charge on any atom is -0.481 e. The fourth-order valence-electron chi connectivity index (χ4n) is 1.58. The van der Waals surface area contributed by atoms with Crippen molar-refractivity contribution >= 4 is 11.9 Å². The molecule has 0 aliphatic rings. The molecule has 2 atom stereocenters. The third kappa shape index (κ3) is 4.78. The molecule has 0 saturated carbocycles. The van der Waals surface area contributed by atoms with Gasteiger partial charge in [-0.3, -0.25) is 9.59 Å². The van der Waals surface area contributed by atoms with Crippen LogP contribution in [-0.4, -0.2) is 33.9 Å². The van der Waals surface area contributed by atoms with Gasteiger partial charge in [-0.25, -0.2) is 0 Å². The summed E-state index contributed by atoms with van der Waals surface area (Å²) < 4.78 is 0. The number of hydrogen-bond donors (Lipinski definition) is 3. The Morgan fingerprint density at radius 1 is 1.07 bits per heavy atom. The lowest BCUT2D eigenvalue weighted by Gasteiger charge is -2.21. The lowest BCUT2D eigenvalue weighted by molar-refractivity contribution is -0.155. The van der Waals surface area contributed by atoms with Gasteiger partial charge >= 0.3 is 11.9 Å². The molecule has 5 nitrogen and oxygen atoms in total. The number of carboxylic acid groups (broad SMARTS) is 2. The summed E-state index contributed by atoms with van der Waals surface area (Å²) in [4.78, 5) is 21.8. The van der Waals surface area contributed by atoms with Crippen molar-refractivity contribution in [3.05, 3.63) is 0 Å². The quantitative estimate of drug-likeness (QED) is 0.588. The normalized spacial score (nSPS) is 14.9. The Hall–Kier alpha value is -1.10. The van der Waals surface area contributed by atoms with Gasteiger partial charge in [-0.2, -0.15) is 0 Å². The van der Waals surface area contributed by atoms with Crippen LogP contribution < -0.4 is 0 Å². The average Bonchev–Trinajstić information content (AvgIpc) is 2.09. The number of rotatable bonds is 7. The Morgan fingerprint density at radius 3 is 1.80 bits per heavy atom. The highest BCUT2D eigenvalue weighted by Gasteiger charge is 2.33.